The fourth-order valence-corrected chi connectivity index (χ4v) is 2.57. The summed E-state index contributed by atoms with van der Waals surface area (Å²) in [6.07, 6.45) is 0. The molecule has 3 rings (SSSR count). The van der Waals surface area contributed by atoms with Crippen molar-refractivity contribution in [1.29, 1.82) is 0 Å². The van der Waals surface area contributed by atoms with Gasteiger partial charge in [-0.3, -0.25) is 0 Å². The maximum Gasteiger partial charge on any atom is 0.118 e. The predicted molar refractivity (Wildman–Crippen MR) is 88.6 cm³/mol. The lowest BCUT2D eigenvalue weighted by Gasteiger charge is -2.09. The van der Waals surface area contributed by atoms with Crippen LogP contribution in [-0.4, -0.2) is 7.11 Å². The molecule has 0 amide bonds. The molecule has 0 radical (unpaired) electrons. The van der Waals surface area contributed by atoms with Gasteiger partial charge in [0.05, 0.1) is 7.11 Å². The number of ether oxygens (including phenoxy) is 1. The van der Waals surface area contributed by atoms with Gasteiger partial charge in [0.25, 0.3) is 0 Å². The minimum Gasteiger partial charge on any atom is -0.497 e. The first-order valence-electron chi connectivity index (χ1n) is 7.08. The third kappa shape index (κ3) is 2.82. The van der Waals surface area contributed by atoms with E-state index in [1.54, 1.807) is 7.11 Å². The van der Waals surface area contributed by atoms with Crippen LogP contribution >= 0.6 is 0 Å². The van der Waals surface area contributed by atoms with Crippen molar-refractivity contribution < 1.29 is 4.74 Å². The maximum atomic E-state index is 5.21. The summed E-state index contributed by atoms with van der Waals surface area (Å²) in [5.41, 5.74) is 6.27. The number of benzene rings is 3. The van der Waals surface area contributed by atoms with Crippen molar-refractivity contribution in [3.8, 4) is 28.0 Å². The molecule has 0 atom stereocenters. The second-order valence-corrected chi connectivity index (χ2v) is 5.12. The number of methoxy groups -OCH3 is 1. The summed E-state index contributed by atoms with van der Waals surface area (Å²) in [6, 6.07) is 25.3. The van der Waals surface area contributed by atoms with Crippen LogP contribution in [0, 0.1) is 6.92 Å². The molecule has 3 aromatic carbocycles. The number of rotatable bonds is 3. The molecule has 1 heteroatoms. The topological polar surface area (TPSA) is 9.23 Å². The fraction of sp³-hybridized carbons (Fsp3) is 0.100. The van der Waals surface area contributed by atoms with E-state index < -0.39 is 0 Å². The van der Waals surface area contributed by atoms with Gasteiger partial charge in [0.2, 0.25) is 0 Å². The summed E-state index contributed by atoms with van der Waals surface area (Å²) in [5, 5.41) is 0. The highest BCUT2D eigenvalue weighted by Gasteiger charge is 2.04. The van der Waals surface area contributed by atoms with E-state index in [4.69, 9.17) is 4.74 Å². The number of hydrogen-bond acceptors (Lipinski definition) is 1. The summed E-state index contributed by atoms with van der Waals surface area (Å²) in [5.74, 6) is 0.886. The molecule has 0 fully saturated rings. The molecule has 0 N–H and O–H groups in total. The van der Waals surface area contributed by atoms with E-state index in [0.29, 0.717) is 0 Å². The van der Waals surface area contributed by atoms with Gasteiger partial charge >= 0.3 is 0 Å². The largest absolute Gasteiger partial charge is 0.497 e. The Kier molecular flexibility index (Phi) is 3.74. The van der Waals surface area contributed by atoms with Gasteiger partial charge < -0.3 is 4.74 Å². The zero-order valence-corrected chi connectivity index (χ0v) is 12.3. The molecule has 104 valence electrons. The zero-order valence-electron chi connectivity index (χ0n) is 12.3. The van der Waals surface area contributed by atoms with Gasteiger partial charge in [-0.15, -0.1) is 0 Å². The lowest BCUT2D eigenvalue weighted by atomic mass is 9.96. The molecule has 3 aromatic rings. The quantitative estimate of drug-likeness (QED) is 0.626. The van der Waals surface area contributed by atoms with E-state index >= 15 is 0 Å². The molecule has 1 nitrogen and oxygen atoms in total. The molecule has 0 unspecified atom stereocenters. The zero-order chi connectivity index (χ0) is 14.7. The first-order valence-corrected chi connectivity index (χ1v) is 7.08. The Morgan fingerprint density at radius 3 is 1.95 bits per heavy atom. The molecular weight excluding hydrogens is 256 g/mol. The summed E-state index contributed by atoms with van der Waals surface area (Å²) >= 11 is 0. The summed E-state index contributed by atoms with van der Waals surface area (Å²) in [7, 11) is 1.69. The van der Waals surface area contributed by atoms with Gasteiger partial charge in [-0.2, -0.15) is 0 Å². The van der Waals surface area contributed by atoms with Crippen LogP contribution in [0.1, 0.15) is 5.56 Å². The molecule has 0 aliphatic heterocycles. The molecule has 0 heterocycles. The first kappa shape index (κ1) is 13.4. The van der Waals surface area contributed by atoms with Gasteiger partial charge in [-0.1, -0.05) is 60.7 Å². The highest BCUT2D eigenvalue weighted by atomic mass is 16.5. The molecule has 0 bridgehead atoms. The van der Waals surface area contributed by atoms with Crippen molar-refractivity contribution in [2.75, 3.05) is 7.11 Å². The molecule has 0 saturated heterocycles. The van der Waals surface area contributed by atoms with Crippen LogP contribution in [0.15, 0.2) is 72.8 Å². The van der Waals surface area contributed by atoms with Crippen molar-refractivity contribution >= 4 is 0 Å². The Bertz CT molecular complexity index is 728. The second-order valence-electron chi connectivity index (χ2n) is 5.12. The molecular formula is C20H18O. The third-order valence-corrected chi connectivity index (χ3v) is 3.73. The van der Waals surface area contributed by atoms with Crippen molar-refractivity contribution in [1.82, 2.24) is 0 Å². The SMILES string of the molecule is COc1ccc(-c2ccc(-c3ccccc3)c(C)c2)cc1. The average Bonchev–Trinajstić information content (AvgIpc) is 2.55. The van der Waals surface area contributed by atoms with E-state index in [9.17, 15) is 0 Å². The van der Waals surface area contributed by atoms with Crippen molar-refractivity contribution in [3.63, 3.8) is 0 Å². The molecule has 0 aliphatic carbocycles. The van der Waals surface area contributed by atoms with Crippen LogP contribution in [0.5, 0.6) is 5.75 Å². The van der Waals surface area contributed by atoms with E-state index in [-0.39, 0.29) is 0 Å². The lowest BCUT2D eigenvalue weighted by molar-refractivity contribution is 0.415. The highest BCUT2D eigenvalue weighted by Crippen LogP contribution is 2.29. The smallest absolute Gasteiger partial charge is 0.118 e. The van der Waals surface area contributed by atoms with Gasteiger partial charge in [0, 0.05) is 0 Å². The minimum absolute atomic E-state index is 0.886. The summed E-state index contributed by atoms with van der Waals surface area (Å²) in [4.78, 5) is 0. The van der Waals surface area contributed by atoms with Gasteiger partial charge in [0.1, 0.15) is 5.75 Å². The van der Waals surface area contributed by atoms with Gasteiger partial charge in [-0.05, 0) is 46.9 Å². The van der Waals surface area contributed by atoms with Crippen LogP contribution < -0.4 is 4.74 Å². The van der Waals surface area contributed by atoms with Crippen LogP contribution in [-0.2, 0) is 0 Å². The van der Waals surface area contributed by atoms with Crippen LogP contribution in [0.4, 0.5) is 0 Å². The standard InChI is InChI=1S/C20H18O/c1-15-14-18(16-8-11-19(21-2)12-9-16)10-13-20(15)17-6-4-3-5-7-17/h3-14H,1-2H3. The Morgan fingerprint density at radius 2 is 1.33 bits per heavy atom. The van der Waals surface area contributed by atoms with E-state index in [2.05, 4.69) is 61.5 Å². The monoisotopic (exact) mass is 274 g/mol. The Morgan fingerprint density at radius 1 is 0.667 bits per heavy atom. The molecule has 0 aromatic heterocycles. The van der Waals surface area contributed by atoms with E-state index in [0.717, 1.165) is 5.75 Å². The van der Waals surface area contributed by atoms with Crippen molar-refractivity contribution in [3.05, 3.63) is 78.4 Å². The number of aryl methyl sites for hydroxylation is 1. The van der Waals surface area contributed by atoms with E-state index in [1.807, 2.05) is 18.2 Å². The fourth-order valence-electron chi connectivity index (χ4n) is 2.57. The Balaban J connectivity index is 1.97. The first-order chi connectivity index (χ1) is 10.3. The third-order valence-electron chi connectivity index (χ3n) is 3.73. The maximum absolute atomic E-state index is 5.21. The molecule has 0 aliphatic rings. The average molecular weight is 274 g/mol. The van der Waals surface area contributed by atoms with Crippen LogP contribution in [0.25, 0.3) is 22.3 Å². The Labute approximate surface area is 125 Å². The summed E-state index contributed by atoms with van der Waals surface area (Å²) in [6.45, 7) is 2.16. The molecule has 21 heavy (non-hydrogen) atoms. The predicted octanol–water partition coefficient (Wildman–Crippen LogP) is 5.34. The molecule has 0 spiro atoms. The Hall–Kier alpha value is -2.54. The minimum atomic E-state index is 0.886. The van der Waals surface area contributed by atoms with E-state index in [1.165, 1.54) is 27.8 Å². The normalized spacial score (nSPS) is 10.4. The van der Waals surface area contributed by atoms with Crippen LogP contribution in [0.2, 0.25) is 0 Å². The van der Waals surface area contributed by atoms with Gasteiger partial charge in [-0.25, -0.2) is 0 Å². The van der Waals surface area contributed by atoms with Crippen LogP contribution in [0.3, 0.4) is 0 Å². The second kappa shape index (κ2) is 5.84. The summed E-state index contributed by atoms with van der Waals surface area (Å²) < 4.78 is 5.21. The van der Waals surface area contributed by atoms with Crippen molar-refractivity contribution in [2.24, 2.45) is 0 Å². The molecule has 0 saturated carbocycles. The highest BCUT2D eigenvalue weighted by molar-refractivity contribution is 5.73. The number of hydrogen-bond donors (Lipinski definition) is 0. The lowest BCUT2D eigenvalue weighted by Crippen LogP contribution is -1.86. The van der Waals surface area contributed by atoms with Crippen molar-refractivity contribution in [2.45, 2.75) is 6.92 Å². The van der Waals surface area contributed by atoms with Gasteiger partial charge in [0.15, 0.2) is 0 Å².